The first-order chi connectivity index (χ1) is 6.81. The number of hydrogen-bond donors (Lipinski definition) is 1. The van der Waals surface area contributed by atoms with E-state index in [2.05, 4.69) is 36.1 Å². The van der Waals surface area contributed by atoms with Gasteiger partial charge in [0.2, 0.25) is 0 Å². The first-order valence-corrected chi connectivity index (χ1v) is 5.34. The lowest BCUT2D eigenvalue weighted by Crippen LogP contribution is -2.35. The van der Waals surface area contributed by atoms with Gasteiger partial charge in [0.05, 0.1) is 0 Å². The highest BCUT2D eigenvalue weighted by atomic mass is 15.2. The maximum absolute atomic E-state index is 5.76. The topological polar surface area (TPSA) is 29.3 Å². The van der Waals surface area contributed by atoms with Crippen LogP contribution in [0.4, 0.5) is 5.69 Å². The Morgan fingerprint density at radius 3 is 3.07 bits per heavy atom. The Hall–Kier alpha value is -1.02. The van der Waals surface area contributed by atoms with E-state index in [-0.39, 0.29) is 0 Å². The van der Waals surface area contributed by atoms with E-state index in [4.69, 9.17) is 5.73 Å². The summed E-state index contributed by atoms with van der Waals surface area (Å²) in [5.74, 6) is 0. The van der Waals surface area contributed by atoms with Crippen molar-refractivity contribution < 1.29 is 0 Å². The molecule has 2 nitrogen and oxygen atoms in total. The average molecular weight is 190 g/mol. The van der Waals surface area contributed by atoms with Crippen molar-refractivity contribution in [3.05, 3.63) is 29.8 Å². The van der Waals surface area contributed by atoms with Gasteiger partial charge < -0.3 is 10.6 Å². The summed E-state index contributed by atoms with van der Waals surface area (Å²) in [5, 5.41) is 0. The van der Waals surface area contributed by atoms with Gasteiger partial charge in [-0.3, -0.25) is 0 Å². The molecule has 0 unspecified atom stereocenters. The van der Waals surface area contributed by atoms with E-state index in [9.17, 15) is 0 Å². The van der Waals surface area contributed by atoms with E-state index in [0.717, 1.165) is 13.1 Å². The molecule has 0 aliphatic carbocycles. The molecule has 0 spiro atoms. The largest absolute Gasteiger partial charge is 0.367 e. The normalized spacial score (nSPS) is 21.6. The van der Waals surface area contributed by atoms with Crippen LogP contribution in [-0.2, 0) is 0 Å². The van der Waals surface area contributed by atoms with E-state index >= 15 is 0 Å². The summed E-state index contributed by atoms with van der Waals surface area (Å²) in [4.78, 5) is 2.44. The van der Waals surface area contributed by atoms with Gasteiger partial charge in [-0.25, -0.2) is 0 Å². The van der Waals surface area contributed by atoms with Crippen LogP contribution in [0.2, 0.25) is 0 Å². The molecule has 0 aromatic heterocycles. The highest BCUT2D eigenvalue weighted by Gasteiger charge is 2.22. The molecule has 2 heteroatoms. The fourth-order valence-corrected chi connectivity index (χ4v) is 2.23. The van der Waals surface area contributed by atoms with Gasteiger partial charge in [0.25, 0.3) is 0 Å². The van der Waals surface area contributed by atoms with Crippen molar-refractivity contribution >= 4 is 5.69 Å². The number of rotatable bonds is 2. The van der Waals surface area contributed by atoms with Gasteiger partial charge >= 0.3 is 0 Å². The summed E-state index contributed by atoms with van der Waals surface area (Å²) in [7, 11) is 0. The van der Waals surface area contributed by atoms with E-state index in [1.54, 1.807) is 0 Å². The maximum Gasteiger partial charge on any atom is 0.0412 e. The molecule has 1 aliphatic heterocycles. The summed E-state index contributed by atoms with van der Waals surface area (Å²) >= 11 is 0. The average Bonchev–Trinajstić information content (AvgIpc) is 2.65. The smallest absolute Gasteiger partial charge is 0.0412 e. The first kappa shape index (κ1) is 9.53. The summed E-state index contributed by atoms with van der Waals surface area (Å²) in [6.07, 6.45) is 2.51. The van der Waals surface area contributed by atoms with Crippen LogP contribution in [0.5, 0.6) is 0 Å². The minimum Gasteiger partial charge on any atom is -0.367 e. The van der Waals surface area contributed by atoms with E-state index in [1.165, 1.54) is 24.1 Å². The molecule has 0 amide bonds. The molecule has 1 aliphatic rings. The minimum atomic E-state index is 0.553. The van der Waals surface area contributed by atoms with Crippen molar-refractivity contribution in [2.45, 2.75) is 25.8 Å². The maximum atomic E-state index is 5.76. The summed E-state index contributed by atoms with van der Waals surface area (Å²) < 4.78 is 0. The molecule has 2 N–H and O–H groups in total. The Kier molecular flexibility index (Phi) is 2.73. The Labute approximate surface area is 85.7 Å². The van der Waals surface area contributed by atoms with E-state index in [1.807, 2.05) is 0 Å². The fourth-order valence-electron chi connectivity index (χ4n) is 2.23. The molecule has 0 radical (unpaired) electrons. The highest BCUT2D eigenvalue weighted by molar-refractivity contribution is 5.50. The number of hydrogen-bond acceptors (Lipinski definition) is 2. The number of aryl methyl sites for hydroxylation is 1. The van der Waals surface area contributed by atoms with E-state index in [0.29, 0.717) is 6.04 Å². The molecule has 0 bridgehead atoms. The summed E-state index contributed by atoms with van der Waals surface area (Å²) in [6.45, 7) is 4.07. The summed E-state index contributed by atoms with van der Waals surface area (Å²) in [6, 6.07) is 9.24. The van der Waals surface area contributed by atoms with Crippen LogP contribution in [-0.4, -0.2) is 19.1 Å². The van der Waals surface area contributed by atoms with Gasteiger partial charge in [0.15, 0.2) is 0 Å². The number of nitrogens with zero attached hydrogens (tertiary/aromatic N) is 1. The zero-order valence-corrected chi connectivity index (χ0v) is 8.74. The highest BCUT2D eigenvalue weighted by Crippen LogP contribution is 2.25. The second kappa shape index (κ2) is 4.01. The lowest BCUT2D eigenvalue weighted by atomic mass is 10.2. The van der Waals surface area contributed by atoms with Crippen molar-refractivity contribution in [2.75, 3.05) is 18.0 Å². The third kappa shape index (κ3) is 1.75. The quantitative estimate of drug-likeness (QED) is 0.772. The molecule has 1 aromatic carbocycles. The van der Waals surface area contributed by atoms with E-state index < -0.39 is 0 Å². The number of benzene rings is 1. The van der Waals surface area contributed by atoms with Crippen molar-refractivity contribution in [1.82, 2.24) is 0 Å². The first-order valence-electron chi connectivity index (χ1n) is 5.34. The SMILES string of the molecule is Cc1cccc(N2CCC[C@@H]2CN)c1. The molecule has 1 heterocycles. The molecule has 1 saturated heterocycles. The van der Waals surface area contributed by atoms with Gasteiger partial charge in [0, 0.05) is 24.8 Å². The lowest BCUT2D eigenvalue weighted by Gasteiger charge is -2.25. The van der Waals surface area contributed by atoms with Crippen LogP contribution in [0.25, 0.3) is 0 Å². The Morgan fingerprint density at radius 1 is 1.50 bits per heavy atom. The molecule has 1 fully saturated rings. The predicted octanol–water partition coefficient (Wildman–Crippen LogP) is 1.92. The Balaban J connectivity index is 2.21. The monoisotopic (exact) mass is 190 g/mol. The predicted molar refractivity (Wildman–Crippen MR) is 60.6 cm³/mol. The molecular formula is C12H18N2. The van der Waals surface area contributed by atoms with Crippen molar-refractivity contribution in [2.24, 2.45) is 5.73 Å². The van der Waals surface area contributed by atoms with Crippen LogP contribution in [0.1, 0.15) is 18.4 Å². The molecule has 1 aromatic rings. The molecule has 76 valence electrons. The second-order valence-corrected chi connectivity index (χ2v) is 4.06. The molecule has 2 rings (SSSR count). The third-order valence-electron chi connectivity index (χ3n) is 2.98. The molecule has 0 saturated carbocycles. The van der Waals surface area contributed by atoms with Crippen molar-refractivity contribution in [3.63, 3.8) is 0 Å². The van der Waals surface area contributed by atoms with Crippen LogP contribution >= 0.6 is 0 Å². The standard InChI is InChI=1S/C12H18N2/c1-10-4-2-5-11(8-10)14-7-3-6-12(14)9-13/h2,4-5,8,12H,3,6-7,9,13H2,1H3/t12-/m1/s1. The van der Waals surface area contributed by atoms with Gasteiger partial charge in [-0.15, -0.1) is 0 Å². The van der Waals surface area contributed by atoms with Crippen LogP contribution in [0, 0.1) is 6.92 Å². The second-order valence-electron chi connectivity index (χ2n) is 4.06. The van der Waals surface area contributed by atoms with Crippen LogP contribution in [0.15, 0.2) is 24.3 Å². The number of anilines is 1. The lowest BCUT2D eigenvalue weighted by molar-refractivity contribution is 0.677. The molecule has 1 atom stereocenters. The van der Waals surface area contributed by atoms with Crippen molar-refractivity contribution in [3.8, 4) is 0 Å². The zero-order chi connectivity index (χ0) is 9.97. The van der Waals surface area contributed by atoms with Crippen molar-refractivity contribution in [1.29, 1.82) is 0 Å². The van der Waals surface area contributed by atoms with Gasteiger partial charge in [-0.2, -0.15) is 0 Å². The fraction of sp³-hybridized carbons (Fsp3) is 0.500. The van der Waals surface area contributed by atoms with Gasteiger partial charge in [0.1, 0.15) is 0 Å². The Morgan fingerprint density at radius 2 is 2.36 bits per heavy atom. The number of nitrogens with two attached hydrogens (primary N) is 1. The molecular weight excluding hydrogens is 172 g/mol. The Bertz CT molecular complexity index is 309. The molecule has 14 heavy (non-hydrogen) atoms. The minimum absolute atomic E-state index is 0.553. The van der Waals surface area contributed by atoms with Gasteiger partial charge in [-0.1, -0.05) is 12.1 Å². The van der Waals surface area contributed by atoms with Gasteiger partial charge in [-0.05, 0) is 37.5 Å². The third-order valence-corrected chi connectivity index (χ3v) is 2.98. The zero-order valence-electron chi connectivity index (χ0n) is 8.74. The van der Waals surface area contributed by atoms with Crippen LogP contribution in [0.3, 0.4) is 0 Å². The van der Waals surface area contributed by atoms with Crippen LogP contribution < -0.4 is 10.6 Å². The summed E-state index contributed by atoms with van der Waals surface area (Å²) in [5.41, 5.74) is 8.41.